The summed E-state index contributed by atoms with van der Waals surface area (Å²) in [7, 11) is 0. The summed E-state index contributed by atoms with van der Waals surface area (Å²) in [6.45, 7) is 11.9. The topological polar surface area (TPSA) is 15.3 Å². The number of hydrogen-bond donors (Lipinski definition) is 1. The normalized spacial score (nSPS) is 50.1. The summed E-state index contributed by atoms with van der Waals surface area (Å²) in [5, 5.41) is 3.55. The van der Waals surface area contributed by atoms with Crippen molar-refractivity contribution >= 4 is 0 Å². The van der Waals surface area contributed by atoms with Crippen molar-refractivity contribution in [3.8, 4) is 0 Å². The lowest BCUT2D eigenvalue weighted by Gasteiger charge is -2.52. The van der Waals surface area contributed by atoms with Crippen LogP contribution in [0.15, 0.2) is 0 Å². The standard InChI is InChI=1S/C12H24N2/c1-8-7-12(9(8)2)14-6-5-13-10(3)11(14)4/h8-13H,5-7H2,1-4H3. The highest BCUT2D eigenvalue weighted by atomic mass is 15.3. The van der Waals surface area contributed by atoms with E-state index in [1.54, 1.807) is 0 Å². The van der Waals surface area contributed by atoms with Crippen LogP contribution in [0.5, 0.6) is 0 Å². The minimum atomic E-state index is 0.659. The third-order valence-corrected chi connectivity index (χ3v) is 4.63. The zero-order chi connectivity index (χ0) is 10.3. The SMILES string of the molecule is CC1CC(N2CCNC(C)C2C)C1C. The zero-order valence-electron chi connectivity index (χ0n) is 9.96. The Bertz CT molecular complexity index is 204. The molecule has 5 unspecified atom stereocenters. The van der Waals surface area contributed by atoms with Crippen molar-refractivity contribution in [3.05, 3.63) is 0 Å². The Morgan fingerprint density at radius 1 is 1.14 bits per heavy atom. The van der Waals surface area contributed by atoms with Crippen LogP contribution in [0, 0.1) is 11.8 Å². The number of hydrogen-bond acceptors (Lipinski definition) is 2. The van der Waals surface area contributed by atoms with Gasteiger partial charge < -0.3 is 5.32 Å². The molecule has 14 heavy (non-hydrogen) atoms. The lowest BCUT2D eigenvalue weighted by atomic mass is 9.70. The van der Waals surface area contributed by atoms with Crippen LogP contribution in [0.25, 0.3) is 0 Å². The Morgan fingerprint density at radius 3 is 2.43 bits per heavy atom. The maximum absolute atomic E-state index is 3.55. The number of nitrogens with zero attached hydrogens (tertiary/aromatic N) is 1. The molecule has 2 aliphatic rings. The molecule has 2 fully saturated rings. The predicted octanol–water partition coefficient (Wildman–Crippen LogP) is 1.71. The highest BCUT2D eigenvalue weighted by molar-refractivity contribution is 4.96. The first-order chi connectivity index (χ1) is 6.61. The summed E-state index contributed by atoms with van der Waals surface area (Å²) in [4.78, 5) is 2.73. The lowest BCUT2D eigenvalue weighted by Crippen LogP contribution is -2.63. The average molecular weight is 196 g/mol. The monoisotopic (exact) mass is 196 g/mol. The second-order valence-corrected chi connectivity index (χ2v) is 5.36. The molecule has 0 radical (unpaired) electrons. The maximum Gasteiger partial charge on any atom is 0.0221 e. The van der Waals surface area contributed by atoms with Crippen molar-refractivity contribution in [3.63, 3.8) is 0 Å². The van der Waals surface area contributed by atoms with Gasteiger partial charge in [0.25, 0.3) is 0 Å². The zero-order valence-corrected chi connectivity index (χ0v) is 9.96. The fraction of sp³-hybridized carbons (Fsp3) is 1.00. The van der Waals surface area contributed by atoms with Crippen molar-refractivity contribution in [1.82, 2.24) is 10.2 Å². The smallest absolute Gasteiger partial charge is 0.0221 e. The Morgan fingerprint density at radius 2 is 1.86 bits per heavy atom. The van der Waals surface area contributed by atoms with Gasteiger partial charge in [-0.15, -0.1) is 0 Å². The number of rotatable bonds is 1. The summed E-state index contributed by atoms with van der Waals surface area (Å²) in [6.07, 6.45) is 1.41. The molecule has 2 nitrogen and oxygen atoms in total. The van der Waals surface area contributed by atoms with Crippen LogP contribution in [0.3, 0.4) is 0 Å². The first kappa shape index (κ1) is 10.4. The van der Waals surface area contributed by atoms with E-state index >= 15 is 0 Å². The minimum Gasteiger partial charge on any atom is -0.311 e. The van der Waals surface area contributed by atoms with Crippen molar-refractivity contribution in [2.75, 3.05) is 13.1 Å². The molecule has 82 valence electrons. The fourth-order valence-corrected chi connectivity index (χ4v) is 2.98. The first-order valence-electron chi connectivity index (χ1n) is 6.10. The fourth-order valence-electron chi connectivity index (χ4n) is 2.98. The van der Waals surface area contributed by atoms with Crippen LogP contribution in [-0.4, -0.2) is 36.1 Å². The first-order valence-corrected chi connectivity index (χ1v) is 6.10. The quantitative estimate of drug-likeness (QED) is 0.687. The van der Waals surface area contributed by atoms with Gasteiger partial charge in [-0.25, -0.2) is 0 Å². The van der Waals surface area contributed by atoms with Gasteiger partial charge in [0.05, 0.1) is 0 Å². The van der Waals surface area contributed by atoms with Gasteiger partial charge in [0.2, 0.25) is 0 Å². The molecule has 0 aromatic rings. The summed E-state index contributed by atoms with van der Waals surface area (Å²) in [6, 6.07) is 2.24. The molecule has 1 saturated heterocycles. The van der Waals surface area contributed by atoms with Gasteiger partial charge in [0, 0.05) is 31.2 Å². The van der Waals surface area contributed by atoms with Gasteiger partial charge in [-0.1, -0.05) is 13.8 Å². The van der Waals surface area contributed by atoms with Gasteiger partial charge in [0.15, 0.2) is 0 Å². The molecule has 0 aromatic carbocycles. The van der Waals surface area contributed by atoms with E-state index in [4.69, 9.17) is 0 Å². The number of piperazine rings is 1. The molecule has 0 aromatic heterocycles. The third-order valence-electron chi connectivity index (χ3n) is 4.63. The van der Waals surface area contributed by atoms with Crippen LogP contribution >= 0.6 is 0 Å². The molecule has 1 aliphatic carbocycles. The molecule has 1 aliphatic heterocycles. The molecule has 1 saturated carbocycles. The molecule has 0 bridgehead atoms. The average Bonchev–Trinajstić information content (AvgIpc) is 2.19. The third kappa shape index (κ3) is 1.59. The Kier molecular flexibility index (Phi) is 2.85. The largest absolute Gasteiger partial charge is 0.311 e. The maximum atomic E-state index is 3.55. The summed E-state index contributed by atoms with van der Waals surface area (Å²) < 4.78 is 0. The van der Waals surface area contributed by atoms with E-state index in [9.17, 15) is 0 Å². The van der Waals surface area contributed by atoms with Crippen molar-refractivity contribution in [1.29, 1.82) is 0 Å². The van der Waals surface area contributed by atoms with Gasteiger partial charge in [0.1, 0.15) is 0 Å². The van der Waals surface area contributed by atoms with E-state index in [1.165, 1.54) is 19.5 Å². The Balaban J connectivity index is 1.97. The Hall–Kier alpha value is -0.0800. The van der Waals surface area contributed by atoms with Crippen LogP contribution in [0.1, 0.15) is 34.1 Å². The molecule has 1 N–H and O–H groups in total. The highest BCUT2D eigenvalue weighted by Gasteiger charge is 2.41. The molecule has 2 rings (SSSR count). The van der Waals surface area contributed by atoms with Crippen molar-refractivity contribution in [2.45, 2.75) is 52.2 Å². The second kappa shape index (κ2) is 3.82. The highest BCUT2D eigenvalue weighted by Crippen LogP contribution is 2.38. The van der Waals surface area contributed by atoms with Gasteiger partial charge in [-0.05, 0) is 32.1 Å². The Labute approximate surface area is 88.1 Å². The summed E-state index contributed by atoms with van der Waals surface area (Å²) >= 11 is 0. The molecular weight excluding hydrogens is 172 g/mol. The summed E-state index contributed by atoms with van der Waals surface area (Å²) in [5.41, 5.74) is 0. The predicted molar refractivity (Wildman–Crippen MR) is 60.4 cm³/mol. The second-order valence-electron chi connectivity index (χ2n) is 5.36. The molecule has 0 spiro atoms. The summed E-state index contributed by atoms with van der Waals surface area (Å²) in [5.74, 6) is 1.85. The van der Waals surface area contributed by atoms with Crippen LogP contribution in [0.2, 0.25) is 0 Å². The van der Waals surface area contributed by atoms with Crippen LogP contribution in [-0.2, 0) is 0 Å². The van der Waals surface area contributed by atoms with Crippen LogP contribution < -0.4 is 5.32 Å². The van der Waals surface area contributed by atoms with Gasteiger partial charge in [-0.3, -0.25) is 4.90 Å². The minimum absolute atomic E-state index is 0.659. The van der Waals surface area contributed by atoms with Crippen molar-refractivity contribution in [2.24, 2.45) is 11.8 Å². The molecule has 2 heteroatoms. The lowest BCUT2D eigenvalue weighted by molar-refractivity contribution is -0.0216. The molecule has 0 amide bonds. The van der Waals surface area contributed by atoms with E-state index in [-0.39, 0.29) is 0 Å². The number of nitrogens with one attached hydrogen (secondary N) is 1. The van der Waals surface area contributed by atoms with Crippen molar-refractivity contribution < 1.29 is 0 Å². The van der Waals surface area contributed by atoms with Gasteiger partial charge in [-0.2, -0.15) is 0 Å². The van der Waals surface area contributed by atoms with E-state index in [0.29, 0.717) is 12.1 Å². The van der Waals surface area contributed by atoms with Gasteiger partial charge >= 0.3 is 0 Å². The molecular formula is C12H24N2. The van der Waals surface area contributed by atoms with E-state index in [2.05, 4.69) is 37.9 Å². The van der Waals surface area contributed by atoms with E-state index < -0.39 is 0 Å². The molecule has 1 heterocycles. The van der Waals surface area contributed by atoms with E-state index in [0.717, 1.165) is 17.9 Å². The van der Waals surface area contributed by atoms with Crippen LogP contribution in [0.4, 0.5) is 0 Å². The molecule has 5 atom stereocenters. The van der Waals surface area contributed by atoms with E-state index in [1.807, 2.05) is 0 Å².